The molecule has 0 bridgehead atoms. The maximum Gasteiger partial charge on any atom is 0.265 e. The standard InChI is InChI=1S/C21H23N3O3/c1-15-2-3-19-18(12-15)24(21(26)14-27-19)13-20(25)23-10-6-17(7-11-23)16-4-8-22-9-5-16/h2-5,8-9,12,17H,6-7,10-11,13-14H2,1H3. The third kappa shape index (κ3) is 3.65. The number of aromatic nitrogens is 1. The number of anilines is 1. The number of ether oxygens (including phenoxy) is 1. The Morgan fingerprint density at radius 1 is 1.19 bits per heavy atom. The fourth-order valence-electron chi connectivity index (χ4n) is 3.82. The van der Waals surface area contributed by atoms with Crippen LogP contribution in [0.5, 0.6) is 5.75 Å². The molecule has 1 saturated heterocycles. The fourth-order valence-corrected chi connectivity index (χ4v) is 3.82. The van der Waals surface area contributed by atoms with Gasteiger partial charge in [0.2, 0.25) is 5.91 Å². The van der Waals surface area contributed by atoms with Crippen molar-refractivity contribution in [3.05, 3.63) is 53.9 Å². The van der Waals surface area contributed by atoms with E-state index < -0.39 is 0 Å². The van der Waals surface area contributed by atoms with Gasteiger partial charge in [-0.2, -0.15) is 0 Å². The molecule has 0 aliphatic carbocycles. The van der Waals surface area contributed by atoms with E-state index in [1.165, 1.54) is 5.56 Å². The summed E-state index contributed by atoms with van der Waals surface area (Å²) in [5, 5.41) is 0. The molecule has 2 aliphatic heterocycles. The second-order valence-electron chi connectivity index (χ2n) is 7.18. The van der Waals surface area contributed by atoms with Crippen LogP contribution in [0.2, 0.25) is 0 Å². The van der Waals surface area contributed by atoms with Gasteiger partial charge in [-0.25, -0.2) is 0 Å². The maximum atomic E-state index is 12.8. The van der Waals surface area contributed by atoms with Crippen LogP contribution < -0.4 is 9.64 Å². The number of piperidine rings is 1. The summed E-state index contributed by atoms with van der Waals surface area (Å²) in [5.74, 6) is 0.939. The second-order valence-corrected chi connectivity index (χ2v) is 7.18. The van der Waals surface area contributed by atoms with E-state index in [0.29, 0.717) is 30.4 Å². The number of carbonyl (C=O) groups is 2. The molecule has 2 aliphatic rings. The molecule has 2 aromatic rings. The lowest BCUT2D eigenvalue weighted by molar-refractivity contribution is -0.132. The average Bonchev–Trinajstić information content (AvgIpc) is 2.71. The van der Waals surface area contributed by atoms with E-state index in [9.17, 15) is 9.59 Å². The zero-order valence-electron chi connectivity index (χ0n) is 15.4. The summed E-state index contributed by atoms with van der Waals surface area (Å²) in [6, 6.07) is 9.80. The number of pyridine rings is 1. The van der Waals surface area contributed by atoms with Gasteiger partial charge in [0.05, 0.1) is 5.69 Å². The first kappa shape index (κ1) is 17.5. The molecule has 0 N–H and O–H groups in total. The van der Waals surface area contributed by atoms with Crippen LogP contribution in [0.25, 0.3) is 0 Å². The third-order valence-corrected chi connectivity index (χ3v) is 5.38. The van der Waals surface area contributed by atoms with Crippen molar-refractivity contribution >= 4 is 17.5 Å². The van der Waals surface area contributed by atoms with Crippen molar-refractivity contribution < 1.29 is 14.3 Å². The molecule has 0 unspecified atom stereocenters. The van der Waals surface area contributed by atoms with Crippen molar-refractivity contribution in [1.29, 1.82) is 0 Å². The number of nitrogens with zero attached hydrogens (tertiary/aromatic N) is 3. The van der Waals surface area contributed by atoms with Crippen LogP contribution in [0.15, 0.2) is 42.7 Å². The number of aryl methyl sites for hydroxylation is 1. The zero-order chi connectivity index (χ0) is 18.8. The van der Waals surface area contributed by atoms with E-state index in [0.717, 1.165) is 18.4 Å². The summed E-state index contributed by atoms with van der Waals surface area (Å²) in [4.78, 5) is 32.7. The van der Waals surface area contributed by atoms with E-state index in [1.807, 2.05) is 54.5 Å². The summed E-state index contributed by atoms with van der Waals surface area (Å²) < 4.78 is 5.49. The van der Waals surface area contributed by atoms with Crippen molar-refractivity contribution in [1.82, 2.24) is 9.88 Å². The number of hydrogen-bond acceptors (Lipinski definition) is 4. The highest BCUT2D eigenvalue weighted by molar-refractivity contribution is 6.02. The van der Waals surface area contributed by atoms with Gasteiger partial charge in [-0.05, 0) is 61.1 Å². The molecule has 4 rings (SSSR count). The Kier molecular flexibility index (Phi) is 4.79. The van der Waals surface area contributed by atoms with E-state index in [4.69, 9.17) is 4.74 Å². The first-order valence-corrected chi connectivity index (χ1v) is 9.33. The lowest BCUT2D eigenvalue weighted by Crippen LogP contribution is -2.48. The Labute approximate surface area is 158 Å². The number of amides is 2. The highest BCUT2D eigenvalue weighted by Crippen LogP contribution is 2.33. The Bertz CT molecular complexity index is 845. The Hall–Kier alpha value is -2.89. The van der Waals surface area contributed by atoms with Gasteiger partial charge in [0.1, 0.15) is 12.3 Å². The molecule has 140 valence electrons. The molecule has 1 fully saturated rings. The van der Waals surface area contributed by atoms with Gasteiger partial charge in [-0.1, -0.05) is 6.07 Å². The predicted molar refractivity (Wildman–Crippen MR) is 102 cm³/mol. The van der Waals surface area contributed by atoms with Crippen LogP contribution in [-0.2, 0) is 9.59 Å². The number of likely N-dealkylation sites (tertiary alicyclic amines) is 1. The molecular formula is C21H23N3O3. The van der Waals surface area contributed by atoms with Crippen LogP contribution in [0.3, 0.4) is 0 Å². The minimum atomic E-state index is -0.173. The molecule has 2 amide bonds. The van der Waals surface area contributed by atoms with E-state index in [1.54, 1.807) is 4.90 Å². The van der Waals surface area contributed by atoms with Crippen molar-refractivity contribution in [2.45, 2.75) is 25.7 Å². The first-order chi connectivity index (χ1) is 13.1. The molecule has 1 aromatic heterocycles. The molecule has 6 nitrogen and oxygen atoms in total. The van der Waals surface area contributed by atoms with Crippen molar-refractivity contribution in [2.75, 3.05) is 31.1 Å². The van der Waals surface area contributed by atoms with Crippen molar-refractivity contribution in [2.24, 2.45) is 0 Å². The summed E-state index contributed by atoms with van der Waals surface area (Å²) in [6.45, 7) is 3.44. The molecule has 27 heavy (non-hydrogen) atoms. The van der Waals surface area contributed by atoms with Crippen LogP contribution in [0.1, 0.15) is 29.9 Å². The number of fused-ring (bicyclic) bond motifs is 1. The Morgan fingerprint density at radius 2 is 1.93 bits per heavy atom. The van der Waals surface area contributed by atoms with Crippen LogP contribution in [0, 0.1) is 6.92 Å². The van der Waals surface area contributed by atoms with Crippen LogP contribution in [0.4, 0.5) is 5.69 Å². The Balaban J connectivity index is 1.42. The molecule has 0 atom stereocenters. The summed E-state index contributed by atoms with van der Waals surface area (Å²) >= 11 is 0. The van der Waals surface area contributed by atoms with E-state index >= 15 is 0 Å². The highest BCUT2D eigenvalue weighted by Gasteiger charge is 2.30. The van der Waals surface area contributed by atoms with Gasteiger partial charge in [0.15, 0.2) is 6.61 Å². The van der Waals surface area contributed by atoms with Gasteiger partial charge in [-0.3, -0.25) is 19.5 Å². The van der Waals surface area contributed by atoms with E-state index in [-0.39, 0.29) is 25.0 Å². The van der Waals surface area contributed by atoms with Gasteiger partial charge in [0.25, 0.3) is 5.91 Å². The first-order valence-electron chi connectivity index (χ1n) is 9.33. The van der Waals surface area contributed by atoms with Crippen LogP contribution in [-0.4, -0.2) is 47.9 Å². The van der Waals surface area contributed by atoms with Gasteiger partial charge in [0, 0.05) is 25.5 Å². The molecule has 6 heteroatoms. The molecule has 3 heterocycles. The molecule has 0 saturated carbocycles. The van der Waals surface area contributed by atoms with Gasteiger partial charge in [-0.15, -0.1) is 0 Å². The van der Waals surface area contributed by atoms with Gasteiger partial charge >= 0.3 is 0 Å². The predicted octanol–water partition coefficient (Wildman–Crippen LogP) is 2.52. The number of benzene rings is 1. The summed E-state index contributed by atoms with van der Waals surface area (Å²) in [7, 11) is 0. The highest BCUT2D eigenvalue weighted by atomic mass is 16.5. The quantitative estimate of drug-likeness (QED) is 0.839. The fraction of sp³-hybridized carbons (Fsp3) is 0.381. The summed E-state index contributed by atoms with van der Waals surface area (Å²) in [5.41, 5.74) is 3.00. The topological polar surface area (TPSA) is 62.7 Å². The third-order valence-electron chi connectivity index (χ3n) is 5.38. The minimum Gasteiger partial charge on any atom is -0.482 e. The molecular weight excluding hydrogens is 342 g/mol. The number of carbonyl (C=O) groups excluding carboxylic acids is 2. The van der Waals surface area contributed by atoms with E-state index in [2.05, 4.69) is 4.98 Å². The lowest BCUT2D eigenvalue weighted by Gasteiger charge is -2.35. The normalized spacial score (nSPS) is 17.4. The average molecular weight is 365 g/mol. The SMILES string of the molecule is Cc1ccc2c(c1)N(CC(=O)N1CCC(c3ccncc3)CC1)C(=O)CO2. The minimum absolute atomic E-state index is 0.00844. The van der Waals surface area contributed by atoms with Crippen LogP contribution >= 0.6 is 0 Å². The second kappa shape index (κ2) is 7.39. The smallest absolute Gasteiger partial charge is 0.265 e. The van der Waals surface area contributed by atoms with Crippen molar-refractivity contribution in [3.63, 3.8) is 0 Å². The number of hydrogen-bond donors (Lipinski definition) is 0. The lowest BCUT2D eigenvalue weighted by atomic mass is 9.90. The maximum absolute atomic E-state index is 12.8. The Morgan fingerprint density at radius 3 is 2.67 bits per heavy atom. The largest absolute Gasteiger partial charge is 0.482 e. The molecule has 1 aromatic carbocycles. The monoisotopic (exact) mass is 365 g/mol. The molecule has 0 radical (unpaired) electrons. The number of rotatable bonds is 3. The molecule has 0 spiro atoms. The summed E-state index contributed by atoms with van der Waals surface area (Å²) in [6.07, 6.45) is 5.50. The zero-order valence-corrected chi connectivity index (χ0v) is 15.4. The van der Waals surface area contributed by atoms with Gasteiger partial charge < -0.3 is 9.64 Å². The van der Waals surface area contributed by atoms with Crippen molar-refractivity contribution in [3.8, 4) is 5.75 Å².